The van der Waals surface area contributed by atoms with Gasteiger partial charge in [-0.1, -0.05) is 23.2 Å². The molecule has 0 spiro atoms. The van der Waals surface area contributed by atoms with Crippen molar-refractivity contribution >= 4 is 45.8 Å². The number of aromatic nitrogens is 2. The number of fused-ring (bicyclic) bond motifs is 3. The van der Waals surface area contributed by atoms with E-state index in [1.165, 1.54) is 12.1 Å². The summed E-state index contributed by atoms with van der Waals surface area (Å²) < 4.78 is 40.2. The molecule has 3 aromatic rings. The van der Waals surface area contributed by atoms with Crippen molar-refractivity contribution < 1.29 is 18.0 Å². The van der Waals surface area contributed by atoms with Crippen LogP contribution in [0.4, 0.5) is 19.0 Å². The van der Waals surface area contributed by atoms with Gasteiger partial charge in [0.05, 0.1) is 11.1 Å². The molecule has 35 heavy (non-hydrogen) atoms. The fourth-order valence-corrected chi connectivity index (χ4v) is 5.50. The average Bonchev–Trinajstić information content (AvgIpc) is 3.16. The van der Waals surface area contributed by atoms with Crippen molar-refractivity contribution in [2.75, 3.05) is 37.6 Å². The number of nitrogens with one attached hydrogen (secondary N) is 2. The maximum atomic E-state index is 13.4. The Morgan fingerprint density at radius 3 is 2.74 bits per heavy atom. The Morgan fingerprint density at radius 1 is 1.20 bits per heavy atom. The topological polar surface area (TPSA) is 90.3 Å². The van der Waals surface area contributed by atoms with Crippen LogP contribution in [0.5, 0.6) is 0 Å². The normalized spacial score (nSPS) is 21.3. The van der Waals surface area contributed by atoms with Crippen molar-refractivity contribution in [1.82, 2.24) is 20.2 Å². The van der Waals surface area contributed by atoms with Gasteiger partial charge in [-0.15, -0.1) is 0 Å². The number of pyridine rings is 1. The van der Waals surface area contributed by atoms with Crippen LogP contribution in [0.3, 0.4) is 0 Å². The highest BCUT2D eigenvalue weighted by molar-refractivity contribution is 6.31. The fraction of sp³-hybridized carbons (Fsp3) is 0.391. The van der Waals surface area contributed by atoms with E-state index in [-0.39, 0.29) is 11.9 Å². The first-order chi connectivity index (χ1) is 16.6. The number of amides is 1. The maximum Gasteiger partial charge on any atom is 0.434 e. The zero-order valence-corrected chi connectivity index (χ0v) is 20.0. The number of carbonyl (C=O) groups excluding carboxylic acids is 1. The van der Waals surface area contributed by atoms with Gasteiger partial charge in [0.25, 0.3) is 0 Å². The number of anilines is 1. The molecule has 1 aromatic carbocycles. The number of primary amides is 1. The molecule has 2 aliphatic heterocycles. The van der Waals surface area contributed by atoms with Crippen LogP contribution < -0.4 is 16.0 Å². The van der Waals surface area contributed by atoms with E-state index in [1.54, 1.807) is 6.07 Å². The molecule has 186 valence electrons. The number of aromatic amines is 1. The van der Waals surface area contributed by atoms with E-state index in [4.69, 9.17) is 28.9 Å². The Kier molecular flexibility index (Phi) is 6.33. The lowest BCUT2D eigenvalue weighted by atomic mass is 9.96. The molecule has 0 bridgehead atoms. The number of nitrogens with zero attached hydrogens (tertiary/aromatic N) is 3. The maximum absolute atomic E-state index is 13.4. The molecule has 2 atom stereocenters. The Bertz CT molecular complexity index is 1280. The van der Waals surface area contributed by atoms with Crippen LogP contribution >= 0.6 is 23.2 Å². The number of piperazine rings is 1. The van der Waals surface area contributed by atoms with Crippen molar-refractivity contribution in [1.29, 1.82) is 0 Å². The molecule has 4 heterocycles. The molecule has 1 fully saturated rings. The van der Waals surface area contributed by atoms with E-state index < -0.39 is 28.8 Å². The molecular formula is C23H23Cl2F3N6O. The molecule has 2 aliphatic rings. The lowest BCUT2D eigenvalue weighted by molar-refractivity contribution is -0.141. The minimum absolute atomic E-state index is 0.196. The first kappa shape index (κ1) is 24.2. The van der Waals surface area contributed by atoms with Crippen LogP contribution in [0.25, 0.3) is 10.9 Å². The number of alkyl halides is 3. The first-order valence-electron chi connectivity index (χ1n) is 11.2. The lowest BCUT2D eigenvalue weighted by Gasteiger charge is -2.42. The summed E-state index contributed by atoms with van der Waals surface area (Å²) in [5.74, 6) is -0.301. The summed E-state index contributed by atoms with van der Waals surface area (Å²) in [6, 6.07) is 7.31. The van der Waals surface area contributed by atoms with Crippen LogP contribution in [0.1, 0.15) is 23.0 Å². The minimum Gasteiger partial charge on any atom is -0.368 e. The number of rotatable bonds is 4. The van der Waals surface area contributed by atoms with Crippen LogP contribution in [-0.2, 0) is 17.4 Å². The number of benzene rings is 1. The molecule has 0 aliphatic carbocycles. The van der Waals surface area contributed by atoms with Gasteiger partial charge in [0.2, 0.25) is 5.91 Å². The van der Waals surface area contributed by atoms with Gasteiger partial charge in [0, 0.05) is 54.3 Å². The predicted molar refractivity (Wildman–Crippen MR) is 129 cm³/mol. The summed E-state index contributed by atoms with van der Waals surface area (Å²) in [5.41, 5.74) is 7.36. The minimum atomic E-state index is -4.66. The Labute approximate surface area is 209 Å². The zero-order valence-electron chi connectivity index (χ0n) is 18.5. The zero-order chi connectivity index (χ0) is 24.9. The van der Waals surface area contributed by atoms with Crippen molar-refractivity contribution in [2.24, 2.45) is 5.73 Å². The second-order valence-corrected chi connectivity index (χ2v) is 9.65. The number of H-pyrrole nitrogens is 1. The van der Waals surface area contributed by atoms with Crippen molar-refractivity contribution in [2.45, 2.75) is 24.7 Å². The molecule has 1 saturated heterocycles. The van der Waals surface area contributed by atoms with Gasteiger partial charge in [-0.05, 0) is 42.3 Å². The van der Waals surface area contributed by atoms with Crippen LogP contribution in [0.2, 0.25) is 10.0 Å². The van der Waals surface area contributed by atoms with Crippen LogP contribution in [-0.4, -0.2) is 59.5 Å². The number of hydrogen-bond acceptors (Lipinski definition) is 5. The molecule has 0 radical (unpaired) electrons. The molecular weight excluding hydrogens is 504 g/mol. The highest BCUT2D eigenvalue weighted by atomic mass is 35.5. The predicted octanol–water partition coefficient (Wildman–Crippen LogP) is 3.75. The Balaban J connectivity index is 1.45. The smallest absolute Gasteiger partial charge is 0.368 e. The summed E-state index contributed by atoms with van der Waals surface area (Å²) in [6.45, 7) is 2.53. The summed E-state index contributed by atoms with van der Waals surface area (Å²) >= 11 is 12.0. The number of carbonyl (C=O) groups is 1. The van der Waals surface area contributed by atoms with Crippen molar-refractivity contribution in [3.63, 3.8) is 0 Å². The van der Waals surface area contributed by atoms with Crippen LogP contribution in [0.15, 0.2) is 30.3 Å². The van der Waals surface area contributed by atoms with E-state index in [0.717, 1.165) is 22.2 Å². The second kappa shape index (κ2) is 9.16. The van der Waals surface area contributed by atoms with Gasteiger partial charge < -0.3 is 20.9 Å². The molecule has 2 unspecified atom stereocenters. The Morgan fingerprint density at radius 2 is 2.00 bits per heavy atom. The highest BCUT2D eigenvalue weighted by Gasteiger charge is 2.39. The highest BCUT2D eigenvalue weighted by Crippen LogP contribution is 2.37. The molecule has 5 rings (SSSR count). The Hall–Kier alpha value is -2.53. The number of hydrogen-bond donors (Lipinski definition) is 3. The first-order valence-corrected chi connectivity index (χ1v) is 11.9. The van der Waals surface area contributed by atoms with Gasteiger partial charge in [-0.25, -0.2) is 4.98 Å². The molecule has 2 aromatic heterocycles. The fourth-order valence-electron chi connectivity index (χ4n) is 5.12. The monoisotopic (exact) mass is 526 g/mol. The lowest BCUT2D eigenvalue weighted by Crippen LogP contribution is -2.58. The summed E-state index contributed by atoms with van der Waals surface area (Å²) in [7, 11) is 0. The van der Waals surface area contributed by atoms with Crippen molar-refractivity contribution in [3.8, 4) is 0 Å². The average molecular weight is 527 g/mol. The van der Waals surface area contributed by atoms with Crippen molar-refractivity contribution in [3.05, 3.63) is 57.3 Å². The standard InChI is InChI=1S/C23H23Cl2F3N6O/c24-12-1-3-17-15(9-12)14-5-7-33(20(22(29)35)19(14)31-17)11-13-10-30-6-8-34(13)18-4-2-16(25)21(32-18)23(26,27)28/h1-4,9,13,20,30-31H,5-8,10-11H2,(H2,29,35). The van der Waals surface area contributed by atoms with Gasteiger partial charge in [-0.2, -0.15) is 13.2 Å². The van der Waals surface area contributed by atoms with Crippen LogP contribution in [0, 0.1) is 0 Å². The third-order valence-electron chi connectivity index (χ3n) is 6.65. The summed E-state index contributed by atoms with van der Waals surface area (Å²) in [5, 5.41) is 4.42. The van der Waals surface area contributed by atoms with Gasteiger partial charge in [-0.3, -0.25) is 9.69 Å². The number of nitrogens with two attached hydrogens (primary N) is 1. The second-order valence-electron chi connectivity index (χ2n) is 8.81. The third kappa shape index (κ3) is 4.55. The van der Waals surface area contributed by atoms with Gasteiger partial charge in [0.1, 0.15) is 11.9 Å². The summed E-state index contributed by atoms with van der Waals surface area (Å²) in [4.78, 5) is 23.6. The van der Waals surface area contributed by atoms with Gasteiger partial charge >= 0.3 is 6.18 Å². The van der Waals surface area contributed by atoms with Gasteiger partial charge in [0.15, 0.2) is 5.69 Å². The molecule has 1 amide bonds. The largest absolute Gasteiger partial charge is 0.434 e. The quantitative estimate of drug-likeness (QED) is 0.481. The van der Waals surface area contributed by atoms with E-state index in [2.05, 4.69) is 15.3 Å². The molecule has 12 heteroatoms. The number of halogens is 5. The molecule has 7 nitrogen and oxygen atoms in total. The van der Waals surface area contributed by atoms with E-state index in [9.17, 15) is 18.0 Å². The third-order valence-corrected chi connectivity index (χ3v) is 7.19. The summed E-state index contributed by atoms with van der Waals surface area (Å²) in [6.07, 6.45) is -3.98. The van der Waals surface area contributed by atoms with E-state index in [0.29, 0.717) is 44.2 Å². The SMILES string of the molecule is NC(=O)C1c2[nH]c3ccc(Cl)cc3c2CCN1CC1CNCCN1c1ccc(Cl)c(C(F)(F)F)n1. The van der Waals surface area contributed by atoms with E-state index >= 15 is 0 Å². The molecule has 0 saturated carbocycles. The molecule has 4 N–H and O–H groups in total. The van der Waals surface area contributed by atoms with E-state index in [1.807, 2.05) is 21.9 Å².